The fraction of sp³-hybridized carbons (Fsp3) is 0.548. The molecular formula is C31H42FN3O4S. The summed E-state index contributed by atoms with van der Waals surface area (Å²) >= 11 is 4.32. The first-order chi connectivity index (χ1) is 19.2. The van der Waals surface area contributed by atoms with Crippen molar-refractivity contribution in [3.8, 4) is 5.75 Å². The minimum Gasteiger partial charge on any atom is -0.493 e. The number of rotatable bonds is 8. The molecule has 9 heteroatoms. The van der Waals surface area contributed by atoms with Gasteiger partial charge >= 0.3 is 0 Å². The first-order valence-electron chi connectivity index (χ1n) is 14.4. The van der Waals surface area contributed by atoms with Crippen LogP contribution < -0.4 is 15.4 Å². The number of amides is 2. The van der Waals surface area contributed by atoms with E-state index in [2.05, 4.69) is 54.5 Å². The maximum absolute atomic E-state index is 14.5. The maximum atomic E-state index is 14.5. The lowest BCUT2D eigenvalue weighted by Gasteiger charge is -2.32. The number of hydrogen-bond donors (Lipinski definition) is 4. The molecule has 2 amide bonds. The number of thiol groups is 1. The highest BCUT2D eigenvalue weighted by molar-refractivity contribution is 7.80. The fourth-order valence-corrected chi connectivity index (χ4v) is 5.65. The van der Waals surface area contributed by atoms with Gasteiger partial charge in [0.05, 0.1) is 18.8 Å². The van der Waals surface area contributed by atoms with Crippen LogP contribution in [0.3, 0.4) is 0 Å². The van der Waals surface area contributed by atoms with Crippen LogP contribution in [0.5, 0.6) is 5.75 Å². The molecule has 40 heavy (non-hydrogen) atoms. The Hall–Kier alpha value is -2.62. The van der Waals surface area contributed by atoms with Crippen LogP contribution in [0.25, 0.3) is 0 Å². The Kier molecular flexibility index (Phi) is 10.5. The molecule has 218 valence electrons. The summed E-state index contributed by atoms with van der Waals surface area (Å²) in [4.78, 5) is 27.9. The molecule has 0 saturated heterocycles. The maximum Gasteiger partial charge on any atom is 0.243 e. The Labute approximate surface area is 242 Å². The van der Waals surface area contributed by atoms with Gasteiger partial charge in [-0.3, -0.25) is 9.59 Å². The molecule has 3 atom stereocenters. The molecule has 1 heterocycles. The van der Waals surface area contributed by atoms with Crippen molar-refractivity contribution in [1.29, 1.82) is 0 Å². The standard InChI is InChI=1S/C31H42FN3O4S/c1-3-21-7-6-8-23(15-21)31(11-12-31)33-20-28(36)26-18-22-16-24(32)19-25(17-22)39-13-5-4-9-29(37)35(2)27(10-14-40)30(38)34-26/h6-8,15-17,19,26-28,33,36,40H,3-5,9-14,18,20H2,1-2H3,(H,34,38)/t26-,27?,28+/m0/s1. The van der Waals surface area contributed by atoms with Crippen LogP contribution in [0.15, 0.2) is 42.5 Å². The highest BCUT2D eigenvalue weighted by Crippen LogP contribution is 2.45. The molecule has 0 radical (unpaired) electrons. The SMILES string of the molecule is CCc1cccc(C2(NC[C@@H](O)[C@@H]3Cc4cc(F)cc(c4)OCCCCC(=O)N(C)C(CCS)C(=O)N3)CC2)c1. The van der Waals surface area contributed by atoms with Gasteiger partial charge < -0.3 is 25.4 Å². The molecule has 2 aromatic rings. The second kappa shape index (κ2) is 13.8. The number of aryl methyl sites for hydroxylation is 1. The lowest BCUT2D eigenvalue weighted by atomic mass is 9.98. The van der Waals surface area contributed by atoms with E-state index in [0.29, 0.717) is 42.9 Å². The smallest absolute Gasteiger partial charge is 0.243 e. The highest BCUT2D eigenvalue weighted by atomic mass is 32.1. The third-order valence-corrected chi connectivity index (χ3v) is 8.34. The van der Waals surface area contributed by atoms with Crippen molar-refractivity contribution >= 4 is 24.4 Å². The number of benzene rings is 2. The van der Waals surface area contributed by atoms with Crippen molar-refractivity contribution in [1.82, 2.24) is 15.5 Å². The average molecular weight is 572 g/mol. The molecule has 7 nitrogen and oxygen atoms in total. The molecule has 1 unspecified atom stereocenters. The number of fused-ring (bicyclic) bond motifs is 2. The van der Waals surface area contributed by atoms with E-state index in [1.54, 1.807) is 13.1 Å². The largest absolute Gasteiger partial charge is 0.493 e. The van der Waals surface area contributed by atoms with Gasteiger partial charge in [-0.1, -0.05) is 31.2 Å². The van der Waals surface area contributed by atoms with E-state index in [-0.39, 0.29) is 36.7 Å². The zero-order valence-electron chi connectivity index (χ0n) is 23.5. The molecule has 1 fully saturated rings. The molecule has 3 N–H and O–H groups in total. The number of halogens is 1. The van der Waals surface area contributed by atoms with Crippen LogP contribution in [0.1, 0.15) is 62.1 Å². The minimum atomic E-state index is -0.961. The monoisotopic (exact) mass is 571 g/mol. The van der Waals surface area contributed by atoms with Crippen molar-refractivity contribution in [2.75, 3.05) is 26.0 Å². The van der Waals surface area contributed by atoms with Gasteiger partial charge in [-0.25, -0.2) is 4.39 Å². The molecule has 0 spiro atoms. The summed E-state index contributed by atoms with van der Waals surface area (Å²) in [5.74, 6) is -0.109. The summed E-state index contributed by atoms with van der Waals surface area (Å²) in [5.41, 5.74) is 2.88. The summed E-state index contributed by atoms with van der Waals surface area (Å²) < 4.78 is 20.3. The van der Waals surface area contributed by atoms with Gasteiger partial charge in [-0.05, 0) is 79.5 Å². The number of carbonyl (C=O) groups is 2. The molecule has 2 bridgehead atoms. The van der Waals surface area contributed by atoms with E-state index in [1.807, 2.05) is 0 Å². The van der Waals surface area contributed by atoms with Crippen molar-refractivity contribution in [2.24, 2.45) is 0 Å². The topological polar surface area (TPSA) is 90.9 Å². The number of likely N-dealkylation sites (N-methyl/N-ethyl adjacent to an activating group) is 1. The van der Waals surface area contributed by atoms with Gasteiger partial charge in [0.15, 0.2) is 0 Å². The number of nitrogens with one attached hydrogen (secondary N) is 2. The molecule has 1 aliphatic carbocycles. The Bertz CT molecular complexity index is 1180. The Morgan fingerprint density at radius 2 is 2.02 bits per heavy atom. The first kappa shape index (κ1) is 30.3. The van der Waals surface area contributed by atoms with E-state index in [9.17, 15) is 19.1 Å². The quantitative estimate of drug-likeness (QED) is 0.363. The summed E-state index contributed by atoms with van der Waals surface area (Å²) in [6.07, 6.45) is 4.00. The van der Waals surface area contributed by atoms with Crippen LogP contribution >= 0.6 is 12.6 Å². The third-order valence-electron chi connectivity index (χ3n) is 8.09. The van der Waals surface area contributed by atoms with Gasteiger partial charge in [0, 0.05) is 31.6 Å². The third kappa shape index (κ3) is 7.77. The van der Waals surface area contributed by atoms with Gasteiger partial charge in [0.1, 0.15) is 17.6 Å². The molecule has 2 aliphatic rings. The number of ether oxygens (including phenoxy) is 1. The zero-order chi connectivity index (χ0) is 28.7. The normalized spacial score (nSPS) is 22.5. The van der Waals surface area contributed by atoms with E-state index < -0.39 is 24.0 Å². The van der Waals surface area contributed by atoms with Crippen molar-refractivity contribution in [3.63, 3.8) is 0 Å². The van der Waals surface area contributed by atoms with Crippen molar-refractivity contribution in [3.05, 3.63) is 65.0 Å². The molecule has 2 aromatic carbocycles. The number of aliphatic hydroxyl groups excluding tert-OH is 1. The average Bonchev–Trinajstić information content (AvgIpc) is 3.74. The van der Waals surface area contributed by atoms with Crippen LogP contribution in [0, 0.1) is 5.82 Å². The summed E-state index contributed by atoms with van der Waals surface area (Å²) in [5, 5.41) is 18.0. The lowest BCUT2D eigenvalue weighted by molar-refractivity contribution is -0.139. The first-order valence-corrected chi connectivity index (χ1v) is 15.0. The molecule has 1 aliphatic heterocycles. The molecule has 0 aromatic heterocycles. The van der Waals surface area contributed by atoms with Crippen molar-refractivity contribution in [2.45, 2.75) is 82.0 Å². The van der Waals surface area contributed by atoms with Gasteiger partial charge in [-0.2, -0.15) is 12.6 Å². The highest BCUT2D eigenvalue weighted by Gasteiger charge is 2.44. The number of carbonyl (C=O) groups excluding carboxylic acids is 2. The van der Waals surface area contributed by atoms with E-state index in [0.717, 1.165) is 19.3 Å². The van der Waals surface area contributed by atoms with Crippen molar-refractivity contribution < 1.29 is 23.8 Å². The second-order valence-corrected chi connectivity index (χ2v) is 11.5. The Morgan fingerprint density at radius 3 is 2.75 bits per heavy atom. The Balaban J connectivity index is 1.57. The number of nitrogens with zero attached hydrogens (tertiary/aromatic N) is 1. The molecule has 4 rings (SSSR count). The summed E-state index contributed by atoms with van der Waals surface area (Å²) in [6.45, 7) is 2.73. The predicted molar refractivity (Wildman–Crippen MR) is 157 cm³/mol. The van der Waals surface area contributed by atoms with Gasteiger partial charge in [0.25, 0.3) is 0 Å². The predicted octanol–water partition coefficient (Wildman–Crippen LogP) is 3.76. The summed E-state index contributed by atoms with van der Waals surface area (Å²) in [6, 6.07) is 11.5. The van der Waals surface area contributed by atoms with E-state index in [4.69, 9.17) is 4.74 Å². The second-order valence-electron chi connectivity index (χ2n) is 11.0. The lowest BCUT2D eigenvalue weighted by Crippen LogP contribution is -2.55. The molecular weight excluding hydrogens is 529 g/mol. The van der Waals surface area contributed by atoms with Gasteiger partial charge in [0.2, 0.25) is 11.8 Å². The van der Waals surface area contributed by atoms with Crippen LogP contribution in [0.4, 0.5) is 4.39 Å². The number of aliphatic hydroxyl groups is 1. The van der Waals surface area contributed by atoms with Gasteiger partial charge in [-0.15, -0.1) is 0 Å². The Morgan fingerprint density at radius 1 is 1.23 bits per heavy atom. The van der Waals surface area contributed by atoms with Crippen LogP contribution in [-0.2, 0) is 28.0 Å². The van der Waals surface area contributed by atoms with E-state index >= 15 is 0 Å². The molecule has 1 saturated carbocycles. The fourth-order valence-electron chi connectivity index (χ4n) is 5.40. The van der Waals surface area contributed by atoms with Crippen LogP contribution in [0.2, 0.25) is 0 Å². The number of hydrogen-bond acceptors (Lipinski definition) is 6. The van der Waals surface area contributed by atoms with E-state index in [1.165, 1.54) is 28.2 Å². The summed E-state index contributed by atoms with van der Waals surface area (Å²) in [7, 11) is 1.64. The zero-order valence-corrected chi connectivity index (χ0v) is 24.4. The minimum absolute atomic E-state index is 0.132. The van der Waals surface area contributed by atoms with Crippen LogP contribution in [-0.4, -0.2) is 66.0 Å².